The number of carbonyl (C=O) groups excluding carboxylic acids is 1. The summed E-state index contributed by atoms with van der Waals surface area (Å²) in [6.45, 7) is 8.62. The summed E-state index contributed by atoms with van der Waals surface area (Å²) in [7, 11) is 3.57. The molecule has 1 fully saturated rings. The van der Waals surface area contributed by atoms with Gasteiger partial charge in [0.15, 0.2) is 11.5 Å². The Morgan fingerprint density at radius 3 is 2.74 bits per heavy atom. The molecular formula is C23H32N4O4. The molecule has 2 aliphatic rings. The lowest BCUT2D eigenvalue weighted by Gasteiger charge is -2.35. The van der Waals surface area contributed by atoms with E-state index in [-0.39, 0.29) is 17.9 Å². The van der Waals surface area contributed by atoms with Gasteiger partial charge in [-0.15, -0.1) is 0 Å². The topological polar surface area (TPSA) is 69.1 Å². The third-order valence-electron chi connectivity index (χ3n) is 5.72. The lowest BCUT2D eigenvalue weighted by molar-refractivity contribution is -0.137. The van der Waals surface area contributed by atoms with Crippen molar-refractivity contribution in [2.45, 2.75) is 39.0 Å². The first-order valence-corrected chi connectivity index (χ1v) is 10.9. The number of rotatable bonds is 6. The average molecular weight is 429 g/mol. The number of carbonyl (C=O) groups is 1. The quantitative estimate of drug-likeness (QED) is 0.703. The second-order valence-corrected chi connectivity index (χ2v) is 8.52. The molecule has 1 aromatic heterocycles. The Labute approximate surface area is 183 Å². The van der Waals surface area contributed by atoms with Crippen LogP contribution in [0.4, 0.5) is 0 Å². The molecule has 31 heavy (non-hydrogen) atoms. The monoisotopic (exact) mass is 428 g/mol. The zero-order chi connectivity index (χ0) is 22.0. The number of ether oxygens (including phenoxy) is 3. The van der Waals surface area contributed by atoms with Crippen LogP contribution < -0.4 is 9.47 Å². The van der Waals surface area contributed by atoms with Gasteiger partial charge in [-0.05, 0) is 31.5 Å². The van der Waals surface area contributed by atoms with Gasteiger partial charge in [-0.2, -0.15) is 5.10 Å². The zero-order valence-electron chi connectivity index (χ0n) is 18.8. The number of nitrogens with zero attached hydrogens (tertiary/aromatic N) is 4. The van der Waals surface area contributed by atoms with Crippen LogP contribution in [0.2, 0.25) is 0 Å². The average Bonchev–Trinajstić information content (AvgIpc) is 3.14. The Kier molecular flexibility index (Phi) is 6.48. The largest absolute Gasteiger partial charge is 0.493 e. The molecule has 1 aromatic carbocycles. The maximum atomic E-state index is 13.3. The Hall–Kier alpha value is -2.58. The van der Waals surface area contributed by atoms with Gasteiger partial charge < -0.3 is 19.1 Å². The second-order valence-electron chi connectivity index (χ2n) is 8.52. The molecule has 0 bridgehead atoms. The molecule has 8 nitrogen and oxygen atoms in total. The molecule has 2 aliphatic heterocycles. The Bertz CT molecular complexity index is 920. The molecule has 0 saturated carbocycles. The summed E-state index contributed by atoms with van der Waals surface area (Å²) in [5.41, 5.74) is 3.15. The number of amides is 1. The predicted octanol–water partition coefficient (Wildman–Crippen LogP) is 2.17. The first kappa shape index (κ1) is 21.6. The molecule has 0 aliphatic carbocycles. The lowest BCUT2D eigenvalue weighted by atomic mass is 9.94. The van der Waals surface area contributed by atoms with Crippen LogP contribution in [-0.2, 0) is 29.7 Å². The highest BCUT2D eigenvalue weighted by Crippen LogP contribution is 2.32. The van der Waals surface area contributed by atoms with E-state index in [1.165, 1.54) is 0 Å². The molecule has 0 unspecified atom stereocenters. The number of hydrogen-bond acceptors (Lipinski definition) is 6. The van der Waals surface area contributed by atoms with Gasteiger partial charge in [0.1, 0.15) is 0 Å². The van der Waals surface area contributed by atoms with Crippen molar-refractivity contribution in [3.05, 3.63) is 41.2 Å². The number of hydrogen-bond donors (Lipinski definition) is 0. The van der Waals surface area contributed by atoms with Crippen LogP contribution in [0.3, 0.4) is 0 Å². The van der Waals surface area contributed by atoms with Gasteiger partial charge >= 0.3 is 0 Å². The predicted molar refractivity (Wildman–Crippen MR) is 116 cm³/mol. The summed E-state index contributed by atoms with van der Waals surface area (Å²) in [5, 5.41) is 4.63. The fourth-order valence-electron chi connectivity index (χ4n) is 4.36. The van der Waals surface area contributed by atoms with Crippen LogP contribution in [0.5, 0.6) is 11.5 Å². The number of methoxy groups -OCH3 is 1. The number of fused-ring (bicyclic) bond motifs is 1. The van der Waals surface area contributed by atoms with Crippen LogP contribution in [0.15, 0.2) is 24.4 Å². The lowest BCUT2D eigenvalue weighted by Crippen LogP contribution is -2.47. The van der Waals surface area contributed by atoms with Crippen molar-refractivity contribution >= 4 is 5.91 Å². The van der Waals surface area contributed by atoms with Crippen LogP contribution in [0, 0.1) is 0 Å². The maximum Gasteiger partial charge on any atom is 0.233 e. The third kappa shape index (κ3) is 4.85. The molecule has 1 amide bonds. The first-order valence-electron chi connectivity index (χ1n) is 10.9. The minimum Gasteiger partial charge on any atom is -0.493 e. The van der Waals surface area contributed by atoms with E-state index < -0.39 is 0 Å². The molecule has 2 aromatic rings. The van der Waals surface area contributed by atoms with Gasteiger partial charge in [0.05, 0.1) is 38.0 Å². The molecule has 0 spiro atoms. The fraction of sp³-hybridized carbons (Fsp3) is 0.565. The summed E-state index contributed by atoms with van der Waals surface area (Å²) in [4.78, 5) is 17.6. The number of benzene rings is 1. The van der Waals surface area contributed by atoms with E-state index in [4.69, 9.17) is 14.2 Å². The van der Waals surface area contributed by atoms with Crippen molar-refractivity contribution in [2.24, 2.45) is 7.05 Å². The van der Waals surface area contributed by atoms with Crippen molar-refractivity contribution in [3.63, 3.8) is 0 Å². The van der Waals surface area contributed by atoms with Crippen molar-refractivity contribution in [2.75, 3.05) is 40.0 Å². The summed E-state index contributed by atoms with van der Waals surface area (Å²) in [6, 6.07) is 6.05. The van der Waals surface area contributed by atoms with Gasteiger partial charge in [-0.25, -0.2) is 0 Å². The third-order valence-corrected chi connectivity index (χ3v) is 5.72. The maximum absolute atomic E-state index is 13.3. The van der Waals surface area contributed by atoms with Gasteiger partial charge in [-0.1, -0.05) is 6.07 Å². The Balaban J connectivity index is 1.54. The van der Waals surface area contributed by atoms with Crippen molar-refractivity contribution < 1.29 is 19.0 Å². The summed E-state index contributed by atoms with van der Waals surface area (Å²) in [5.74, 6) is 1.36. The highest BCUT2D eigenvalue weighted by molar-refractivity contribution is 5.84. The Morgan fingerprint density at radius 1 is 1.26 bits per heavy atom. The highest BCUT2D eigenvalue weighted by Gasteiger charge is 2.36. The normalized spacial score (nSPS) is 19.4. The summed E-state index contributed by atoms with van der Waals surface area (Å²) < 4.78 is 18.6. The molecular weight excluding hydrogens is 396 g/mol. The minimum absolute atomic E-state index is 0.0813. The van der Waals surface area contributed by atoms with E-state index in [1.54, 1.807) is 7.11 Å². The molecule has 4 rings (SSSR count). The van der Waals surface area contributed by atoms with Crippen LogP contribution >= 0.6 is 0 Å². The van der Waals surface area contributed by atoms with Crippen molar-refractivity contribution in [3.8, 4) is 11.5 Å². The van der Waals surface area contributed by atoms with Crippen LogP contribution in [-0.4, -0.2) is 71.5 Å². The summed E-state index contributed by atoms with van der Waals surface area (Å²) >= 11 is 0. The second kappa shape index (κ2) is 9.28. The molecule has 3 heterocycles. The highest BCUT2D eigenvalue weighted by atomic mass is 16.5. The minimum atomic E-state index is -0.256. The van der Waals surface area contributed by atoms with E-state index in [1.807, 2.05) is 48.8 Å². The van der Waals surface area contributed by atoms with E-state index >= 15 is 0 Å². The summed E-state index contributed by atoms with van der Waals surface area (Å²) in [6.07, 6.45) is 2.11. The zero-order valence-corrected chi connectivity index (χ0v) is 18.8. The van der Waals surface area contributed by atoms with E-state index in [0.29, 0.717) is 32.8 Å². The number of aromatic nitrogens is 2. The number of aryl methyl sites for hydroxylation is 1. The molecule has 0 N–H and O–H groups in total. The molecule has 1 saturated heterocycles. The Morgan fingerprint density at radius 2 is 2.03 bits per heavy atom. The molecule has 8 heteroatoms. The van der Waals surface area contributed by atoms with E-state index in [9.17, 15) is 4.79 Å². The molecule has 168 valence electrons. The van der Waals surface area contributed by atoms with E-state index in [2.05, 4.69) is 16.1 Å². The van der Waals surface area contributed by atoms with Crippen LogP contribution in [0.1, 0.15) is 36.6 Å². The van der Waals surface area contributed by atoms with Crippen molar-refractivity contribution in [1.82, 2.24) is 19.6 Å². The van der Waals surface area contributed by atoms with Gasteiger partial charge in [0, 0.05) is 51.5 Å². The van der Waals surface area contributed by atoms with E-state index in [0.717, 1.165) is 41.4 Å². The first-order chi connectivity index (χ1) is 14.9. The van der Waals surface area contributed by atoms with Gasteiger partial charge in [0.2, 0.25) is 5.91 Å². The van der Waals surface area contributed by atoms with Crippen LogP contribution in [0.25, 0.3) is 0 Å². The smallest absolute Gasteiger partial charge is 0.233 e. The molecule has 1 atom stereocenters. The fourth-order valence-corrected chi connectivity index (χ4v) is 4.36. The van der Waals surface area contributed by atoms with Crippen molar-refractivity contribution in [1.29, 1.82) is 0 Å². The standard InChI is InChI=1S/C23H32N4O4/c1-16(2)31-20-6-5-17(11-21(20)29-4)12-26-14-18-13-25(3)24-22(18)19(15-26)23(28)27-7-9-30-10-8-27/h5-6,11,13,16,19H,7-10,12,14-15H2,1-4H3/t19-/m0/s1. The number of morpholine rings is 1. The van der Waals surface area contributed by atoms with Gasteiger partial charge in [0.25, 0.3) is 0 Å². The molecule has 0 radical (unpaired) electrons. The van der Waals surface area contributed by atoms with Gasteiger partial charge in [-0.3, -0.25) is 14.4 Å². The SMILES string of the molecule is COc1cc(CN2Cc3cn(C)nc3[C@@H](C(=O)N3CCOCC3)C2)ccc1OC(C)C.